The van der Waals surface area contributed by atoms with Gasteiger partial charge < -0.3 is 5.32 Å². The summed E-state index contributed by atoms with van der Waals surface area (Å²) in [6.45, 7) is 9.31. The standard InChI is InChI=1S/C14H25N/c1-6-7-12(3)15-13-8-11(2)9-14(4,5)10-13/h1,11-13,15H,7-10H2,2-5H3. The molecule has 1 aliphatic carbocycles. The Balaban J connectivity index is 2.45. The van der Waals surface area contributed by atoms with E-state index in [4.69, 9.17) is 6.42 Å². The number of terminal acetylenes is 1. The molecule has 0 heterocycles. The van der Waals surface area contributed by atoms with Crippen LogP contribution in [0.15, 0.2) is 0 Å². The Hall–Kier alpha value is -0.480. The highest BCUT2D eigenvalue weighted by Gasteiger charge is 2.32. The molecule has 86 valence electrons. The van der Waals surface area contributed by atoms with Gasteiger partial charge in [0.15, 0.2) is 0 Å². The molecule has 1 nitrogen and oxygen atoms in total. The van der Waals surface area contributed by atoms with Crippen LogP contribution in [0.1, 0.15) is 53.4 Å². The molecule has 15 heavy (non-hydrogen) atoms. The molecule has 0 bridgehead atoms. The summed E-state index contributed by atoms with van der Waals surface area (Å²) in [6.07, 6.45) is 10.1. The molecule has 0 saturated heterocycles. The van der Waals surface area contributed by atoms with Crippen LogP contribution in [0.4, 0.5) is 0 Å². The largest absolute Gasteiger partial charge is 0.311 e. The molecule has 3 atom stereocenters. The maximum atomic E-state index is 5.33. The molecule has 1 aliphatic rings. The van der Waals surface area contributed by atoms with Crippen LogP contribution in [0.25, 0.3) is 0 Å². The minimum absolute atomic E-state index is 0.459. The van der Waals surface area contributed by atoms with Crippen molar-refractivity contribution in [2.75, 3.05) is 0 Å². The van der Waals surface area contributed by atoms with Crippen molar-refractivity contribution in [3.8, 4) is 12.3 Å². The average Bonchev–Trinajstić information content (AvgIpc) is 1.99. The summed E-state index contributed by atoms with van der Waals surface area (Å²) in [5.74, 6) is 3.56. The Morgan fingerprint density at radius 1 is 1.47 bits per heavy atom. The summed E-state index contributed by atoms with van der Waals surface area (Å²) in [4.78, 5) is 0. The van der Waals surface area contributed by atoms with Gasteiger partial charge in [0.2, 0.25) is 0 Å². The number of hydrogen-bond donors (Lipinski definition) is 1. The van der Waals surface area contributed by atoms with Gasteiger partial charge in [-0.15, -0.1) is 12.3 Å². The van der Waals surface area contributed by atoms with E-state index in [0.29, 0.717) is 17.5 Å². The second-order valence-corrected chi connectivity index (χ2v) is 6.09. The fraction of sp³-hybridized carbons (Fsp3) is 0.857. The minimum atomic E-state index is 0.459. The third-order valence-electron chi connectivity index (χ3n) is 3.33. The van der Waals surface area contributed by atoms with Crippen molar-refractivity contribution in [2.45, 2.75) is 65.5 Å². The predicted octanol–water partition coefficient (Wildman–Crippen LogP) is 3.20. The molecule has 0 radical (unpaired) electrons. The molecule has 0 spiro atoms. The van der Waals surface area contributed by atoms with Crippen LogP contribution >= 0.6 is 0 Å². The second-order valence-electron chi connectivity index (χ2n) is 6.09. The molecule has 0 aliphatic heterocycles. The van der Waals surface area contributed by atoms with E-state index < -0.39 is 0 Å². The van der Waals surface area contributed by atoms with Gasteiger partial charge in [-0.05, 0) is 37.5 Å². The molecule has 0 aromatic heterocycles. The Kier molecular flexibility index (Phi) is 4.22. The summed E-state index contributed by atoms with van der Waals surface area (Å²) in [6, 6.07) is 1.12. The van der Waals surface area contributed by atoms with Gasteiger partial charge in [0.05, 0.1) is 0 Å². The first-order chi connectivity index (χ1) is 6.93. The first kappa shape index (κ1) is 12.6. The Morgan fingerprint density at radius 2 is 2.13 bits per heavy atom. The monoisotopic (exact) mass is 207 g/mol. The van der Waals surface area contributed by atoms with E-state index >= 15 is 0 Å². The molecular weight excluding hydrogens is 182 g/mol. The molecular formula is C14H25N. The molecule has 1 N–H and O–H groups in total. The van der Waals surface area contributed by atoms with Crippen molar-refractivity contribution in [2.24, 2.45) is 11.3 Å². The fourth-order valence-corrected chi connectivity index (χ4v) is 3.11. The normalized spacial score (nSPS) is 31.9. The summed E-state index contributed by atoms with van der Waals surface area (Å²) >= 11 is 0. The fourth-order valence-electron chi connectivity index (χ4n) is 3.11. The first-order valence-electron chi connectivity index (χ1n) is 6.12. The van der Waals surface area contributed by atoms with Crippen LogP contribution in [0, 0.1) is 23.7 Å². The molecule has 1 saturated carbocycles. The van der Waals surface area contributed by atoms with E-state index in [-0.39, 0.29) is 0 Å². The van der Waals surface area contributed by atoms with Crippen molar-refractivity contribution in [1.82, 2.24) is 5.32 Å². The zero-order valence-corrected chi connectivity index (χ0v) is 10.6. The SMILES string of the molecule is C#CCC(C)NC1CC(C)CC(C)(C)C1. The number of rotatable bonds is 3. The van der Waals surface area contributed by atoms with E-state index in [9.17, 15) is 0 Å². The van der Waals surface area contributed by atoms with Crippen LogP contribution in [-0.2, 0) is 0 Å². The summed E-state index contributed by atoms with van der Waals surface area (Å²) in [5.41, 5.74) is 0.491. The van der Waals surface area contributed by atoms with Crippen molar-refractivity contribution in [1.29, 1.82) is 0 Å². The van der Waals surface area contributed by atoms with E-state index in [2.05, 4.69) is 38.9 Å². The van der Waals surface area contributed by atoms with E-state index in [1.807, 2.05) is 0 Å². The van der Waals surface area contributed by atoms with Crippen LogP contribution < -0.4 is 5.32 Å². The number of nitrogens with one attached hydrogen (secondary N) is 1. The molecule has 0 aromatic carbocycles. The van der Waals surface area contributed by atoms with Gasteiger partial charge >= 0.3 is 0 Å². The highest BCUT2D eigenvalue weighted by atomic mass is 14.9. The number of hydrogen-bond acceptors (Lipinski definition) is 1. The van der Waals surface area contributed by atoms with Crippen LogP contribution in [0.3, 0.4) is 0 Å². The Labute approximate surface area is 95.0 Å². The van der Waals surface area contributed by atoms with Crippen LogP contribution in [0.2, 0.25) is 0 Å². The van der Waals surface area contributed by atoms with Gasteiger partial charge in [-0.2, -0.15) is 0 Å². The summed E-state index contributed by atoms with van der Waals surface area (Å²) in [5, 5.41) is 3.66. The van der Waals surface area contributed by atoms with Gasteiger partial charge in [-0.1, -0.05) is 20.8 Å². The lowest BCUT2D eigenvalue weighted by Gasteiger charge is -2.40. The summed E-state index contributed by atoms with van der Waals surface area (Å²) < 4.78 is 0. The maximum absolute atomic E-state index is 5.33. The van der Waals surface area contributed by atoms with Crippen molar-refractivity contribution in [3.63, 3.8) is 0 Å². The zero-order valence-electron chi connectivity index (χ0n) is 10.6. The lowest BCUT2D eigenvalue weighted by atomic mass is 9.70. The Bertz CT molecular complexity index is 236. The van der Waals surface area contributed by atoms with Gasteiger partial charge in [-0.3, -0.25) is 0 Å². The Morgan fingerprint density at radius 3 is 2.67 bits per heavy atom. The lowest BCUT2D eigenvalue weighted by molar-refractivity contribution is 0.146. The third-order valence-corrected chi connectivity index (χ3v) is 3.33. The van der Waals surface area contributed by atoms with E-state index in [1.54, 1.807) is 0 Å². The predicted molar refractivity (Wildman–Crippen MR) is 66.6 cm³/mol. The molecule has 0 amide bonds. The molecule has 3 unspecified atom stereocenters. The van der Waals surface area contributed by atoms with Crippen molar-refractivity contribution in [3.05, 3.63) is 0 Å². The smallest absolute Gasteiger partial charge is 0.0238 e. The second kappa shape index (κ2) is 5.03. The van der Waals surface area contributed by atoms with Gasteiger partial charge in [0, 0.05) is 18.5 Å². The summed E-state index contributed by atoms with van der Waals surface area (Å²) in [7, 11) is 0. The topological polar surface area (TPSA) is 12.0 Å². The zero-order chi connectivity index (χ0) is 11.5. The molecule has 0 aromatic rings. The van der Waals surface area contributed by atoms with Crippen LogP contribution in [-0.4, -0.2) is 12.1 Å². The van der Waals surface area contributed by atoms with Crippen molar-refractivity contribution >= 4 is 0 Å². The van der Waals surface area contributed by atoms with E-state index in [1.165, 1.54) is 19.3 Å². The van der Waals surface area contributed by atoms with Gasteiger partial charge in [0.1, 0.15) is 0 Å². The minimum Gasteiger partial charge on any atom is -0.311 e. The van der Waals surface area contributed by atoms with E-state index in [0.717, 1.165) is 12.3 Å². The average molecular weight is 207 g/mol. The quantitative estimate of drug-likeness (QED) is 0.701. The van der Waals surface area contributed by atoms with Gasteiger partial charge in [0.25, 0.3) is 0 Å². The lowest BCUT2D eigenvalue weighted by Crippen LogP contribution is -2.43. The highest BCUT2D eigenvalue weighted by Crippen LogP contribution is 2.38. The molecule has 1 fully saturated rings. The van der Waals surface area contributed by atoms with Gasteiger partial charge in [-0.25, -0.2) is 0 Å². The molecule has 1 rings (SSSR count). The molecule has 1 heteroatoms. The highest BCUT2D eigenvalue weighted by molar-refractivity contribution is 4.92. The third kappa shape index (κ3) is 4.26. The maximum Gasteiger partial charge on any atom is 0.0238 e. The van der Waals surface area contributed by atoms with Crippen LogP contribution in [0.5, 0.6) is 0 Å². The van der Waals surface area contributed by atoms with Crippen molar-refractivity contribution < 1.29 is 0 Å². The first-order valence-corrected chi connectivity index (χ1v) is 6.12.